The van der Waals surface area contributed by atoms with E-state index >= 15 is 0 Å². The molecule has 1 heterocycles. The fourth-order valence-electron chi connectivity index (χ4n) is 3.56. The van der Waals surface area contributed by atoms with Gasteiger partial charge in [0.05, 0.1) is 26.2 Å². The summed E-state index contributed by atoms with van der Waals surface area (Å²) in [6, 6.07) is 6.09. The van der Waals surface area contributed by atoms with Crippen LogP contribution in [0.5, 0.6) is 11.5 Å². The first kappa shape index (κ1) is 26.3. The summed E-state index contributed by atoms with van der Waals surface area (Å²) in [4.78, 5) is 18.5. The Morgan fingerprint density at radius 1 is 1.20 bits per heavy atom. The number of methoxy groups -OCH3 is 1. The number of guanidine groups is 1. The number of nitrogens with one attached hydrogen (secondary N) is 1. The summed E-state index contributed by atoms with van der Waals surface area (Å²) in [6.45, 7) is 7.35. The van der Waals surface area contributed by atoms with Gasteiger partial charge in [-0.3, -0.25) is 9.79 Å². The van der Waals surface area contributed by atoms with E-state index in [4.69, 9.17) is 14.2 Å². The highest BCUT2D eigenvalue weighted by molar-refractivity contribution is 14.0. The minimum absolute atomic E-state index is 0. The minimum atomic E-state index is -0.0685. The van der Waals surface area contributed by atoms with Crippen LogP contribution in [0.4, 0.5) is 0 Å². The minimum Gasteiger partial charge on any atom is -0.493 e. The fraction of sp³-hybridized carbons (Fsp3) is 0.636. The van der Waals surface area contributed by atoms with Gasteiger partial charge in [-0.25, -0.2) is 0 Å². The van der Waals surface area contributed by atoms with Crippen LogP contribution in [0.2, 0.25) is 0 Å². The van der Waals surface area contributed by atoms with E-state index in [0.29, 0.717) is 13.2 Å². The van der Waals surface area contributed by atoms with Gasteiger partial charge in [-0.2, -0.15) is 0 Å². The number of aliphatic imine (C=N–C) groups is 1. The van der Waals surface area contributed by atoms with Crippen molar-refractivity contribution in [3.8, 4) is 11.5 Å². The van der Waals surface area contributed by atoms with E-state index in [1.807, 2.05) is 19.9 Å². The molecule has 1 N–H and O–H groups in total. The highest BCUT2D eigenvalue weighted by Gasteiger charge is 2.27. The summed E-state index contributed by atoms with van der Waals surface area (Å²) < 4.78 is 16.1. The Kier molecular flexibility index (Phi) is 12.6. The van der Waals surface area contributed by atoms with Gasteiger partial charge in [0, 0.05) is 26.7 Å². The Bertz CT molecular complexity index is 676. The number of likely N-dealkylation sites (tertiary alicyclic amines) is 1. The van der Waals surface area contributed by atoms with Crippen molar-refractivity contribution in [1.29, 1.82) is 0 Å². The van der Waals surface area contributed by atoms with Crippen molar-refractivity contribution in [3.05, 3.63) is 23.8 Å². The molecule has 1 aliphatic rings. The maximum absolute atomic E-state index is 11.9. The highest BCUT2D eigenvalue weighted by Crippen LogP contribution is 2.28. The lowest BCUT2D eigenvalue weighted by atomic mass is 9.97. The topological polar surface area (TPSA) is 72.4 Å². The zero-order chi connectivity index (χ0) is 21.1. The lowest BCUT2D eigenvalue weighted by Crippen LogP contribution is -2.47. The van der Waals surface area contributed by atoms with Crippen LogP contribution in [0.1, 0.15) is 38.7 Å². The quantitative estimate of drug-likeness (QED) is 0.172. The van der Waals surface area contributed by atoms with Crippen LogP contribution in [0.3, 0.4) is 0 Å². The summed E-state index contributed by atoms with van der Waals surface area (Å²) in [7, 11) is 3.46. The first-order chi connectivity index (χ1) is 14.1. The van der Waals surface area contributed by atoms with Crippen molar-refractivity contribution >= 4 is 35.9 Å². The van der Waals surface area contributed by atoms with Crippen molar-refractivity contribution < 1.29 is 19.0 Å². The van der Waals surface area contributed by atoms with E-state index in [1.165, 1.54) is 5.56 Å². The lowest BCUT2D eigenvalue weighted by molar-refractivity contribution is -0.149. The van der Waals surface area contributed by atoms with Crippen LogP contribution in [0.25, 0.3) is 0 Å². The van der Waals surface area contributed by atoms with Crippen LogP contribution in [0.15, 0.2) is 23.2 Å². The third-order valence-electron chi connectivity index (χ3n) is 5.08. The van der Waals surface area contributed by atoms with Gasteiger partial charge in [0.1, 0.15) is 0 Å². The van der Waals surface area contributed by atoms with Crippen molar-refractivity contribution in [2.75, 3.05) is 47.0 Å². The first-order valence-electron chi connectivity index (χ1n) is 10.5. The molecule has 0 radical (unpaired) electrons. The average Bonchev–Trinajstić information content (AvgIpc) is 2.74. The summed E-state index contributed by atoms with van der Waals surface area (Å²) >= 11 is 0. The zero-order valence-electron chi connectivity index (χ0n) is 18.6. The molecule has 0 aromatic heterocycles. The molecule has 0 bridgehead atoms. The molecular formula is C22H36IN3O4. The Labute approximate surface area is 197 Å². The average molecular weight is 533 g/mol. The molecule has 1 aliphatic heterocycles. The van der Waals surface area contributed by atoms with E-state index in [9.17, 15) is 4.79 Å². The summed E-state index contributed by atoms with van der Waals surface area (Å²) in [5.74, 6) is 2.40. The molecule has 1 saturated heterocycles. The van der Waals surface area contributed by atoms with Gasteiger partial charge in [0.15, 0.2) is 17.5 Å². The van der Waals surface area contributed by atoms with Crippen molar-refractivity contribution in [2.24, 2.45) is 10.9 Å². The van der Waals surface area contributed by atoms with Crippen LogP contribution >= 0.6 is 24.0 Å². The number of esters is 1. The smallest absolute Gasteiger partial charge is 0.309 e. The normalized spacial score (nSPS) is 14.7. The number of hydrogen-bond donors (Lipinski definition) is 1. The maximum atomic E-state index is 11.9. The molecule has 0 atom stereocenters. The van der Waals surface area contributed by atoms with Gasteiger partial charge in [-0.1, -0.05) is 6.07 Å². The van der Waals surface area contributed by atoms with E-state index in [-0.39, 0.29) is 35.9 Å². The van der Waals surface area contributed by atoms with Gasteiger partial charge in [-0.15, -0.1) is 24.0 Å². The number of nitrogens with zero attached hydrogens (tertiary/aromatic N) is 2. The summed E-state index contributed by atoms with van der Waals surface area (Å²) in [5.41, 5.74) is 1.22. The number of benzene rings is 1. The van der Waals surface area contributed by atoms with Gasteiger partial charge < -0.3 is 24.4 Å². The largest absolute Gasteiger partial charge is 0.493 e. The van der Waals surface area contributed by atoms with Gasteiger partial charge in [-0.05, 0) is 57.2 Å². The number of ether oxygens (including phenoxy) is 3. The number of carbonyl (C=O) groups excluding carboxylic acids is 1. The molecule has 0 unspecified atom stereocenters. The molecule has 0 amide bonds. The van der Waals surface area contributed by atoms with Crippen molar-refractivity contribution in [2.45, 2.75) is 39.5 Å². The molecule has 0 spiro atoms. The number of halogens is 1. The number of piperidine rings is 1. The Balaban J connectivity index is 0.00000450. The second kappa shape index (κ2) is 14.3. The second-order valence-corrected chi connectivity index (χ2v) is 7.01. The first-order valence-corrected chi connectivity index (χ1v) is 10.5. The van der Waals surface area contributed by atoms with E-state index in [0.717, 1.165) is 62.8 Å². The summed E-state index contributed by atoms with van der Waals surface area (Å²) in [6.07, 6.45) is 3.55. The molecular weight excluding hydrogens is 497 g/mol. The molecule has 170 valence electrons. The summed E-state index contributed by atoms with van der Waals surface area (Å²) in [5, 5.41) is 3.44. The van der Waals surface area contributed by atoms with Gasteiger partial charge >= 0.3 is 5.97 Å². The standard InChI is InChI=1S/C22H35N3O4.HI/c1-5-28-20-16-17(9-10-19(20)27-4)8-7-13-24-22(23-3)25-14-11-18(12-15-25)21(26)29-6-2;/h9-10,16,18H,5-8,11-15H2,1-4H3,(H,23,24);1H. The number of aryl methyl sites for hydroxylation is 1. The Morgan fingerprint density at radius 3 is 2.53 bits per heavy atom. The van der Waals surface area contributed by atoms with Crippen LogP contribution in [-0.2, 0) is 16.0 Å². The predicted molar refractivity (Wildman–Crippen MR) is 130 cm³/mol. The number of carbonyl (C=O) groups is 1. The zero-order valence-corrected chi connectivity index (χ0v) is 20.9. The van der Waals surface area contributed by atoms with Crippen LogP contribution in [-0.4, -0.2) is 63.8 Å². The monoisotopic (exact) mass is 533 g/mol. The molecule has 8 heteroatoms. The maximum Gasteiger partial charge on any atom is 0.309 e. The molecule has 1 aromatic carbocycles. The van der Waals surface area contributed by atoms with Gasteiger partial charge in [0.25, 0.3) is 0 Å². The van der Waals surface area contributed by atoms with Crippen LogP contribution < -0.4 is 14.8 Å². The Hall–Kier alpha value is -1.71. The van der Waals surface area contributed by atoms with Gasteiger partial charge in [0.2, 0.25) is 0 Å². The molecule has 2 rings (SSSR count). The molecule has 1 aromatic rings. The van der Waals surface area contributed by atoms with Crippen molar-refractivity contribution in [1.82, 2.24) is 10.2 Å². The molecule has 0 saturated carbocycles. The highest BCUT2D eigenvalue weighted by atomic mass is 127. The predicted octanol–water partition coefficient (Wildman–Crippen LogP) is 3.50. The fourth-order valence-corrected chi connectivity index (χ4v) is 3.56. The Morgan fingerprint density at radius 2 is 1.93 bits per heavy atom. The molecule has 30 heavy (non-hydrogen) atoms. The van der Waals surface area contributed by atoms with Crippen LogP contribution in [0, 0.1) is 5.92 Å². The molecule has 7 nitrogen and oxygen atoms in total. The van der Waals surface area contributed by atoms with Crippen molar-refractivity contribution in [3.63, 3.8) is 0 Å². The SMILES string of the molecule is CCOC(=O)C1CCN(C(=NC)NCCCc2ccc(OC)c(OCC)c2)CC1.I. The van der Waals surface area contributed by atoms with E-state index in [2.05, 4.69) is 27.3 Å². The van der Waals surface area contributed by atoms with E-state index in [1.54, 1.807) is 14.2 Å². The number of hydrogen-bond acceptors (Lipinski definition) is 5. The second-order valence-electron chi connectivity index (χ2n) is 7.01. The van der Waals surface area contributed by atoms with E-state index < -0.39 is 0 Å². The number of rotatable bonds is 9. The lowest BCUT2D eigenvalue weighted by Gasteiger charge is -2.33. The third-order valence-corrected chi connectivity index (χ3v) is 5.08. The molecule has 0 aliphatic carbocycles. The third kappa shape index (κ3) is 7.85. The molecule has 1 fully saturated rings.